The molecule has 0 N–H and O–H groups in total. The van der Waals surface area contributed by atoms with E-state index >= 15 is 0 Å². The number of rotatable bonds is 6. The summed E-state index contributed by atoms with van der Waals surface area (Å²) in [7, 11) is 0. The number of hydrogen-bond acceptors (Lipinski definition) is 1. The fraction of sp³-hybridized carbons (Fsp3) is 0.167. The van der Waals surface area contributed by atoms with Gasteiger partial charge in [-0.15, -0.1) is 0 Å². The van der Waals surface area contributed by atoms with Gasteiger partial charge in [0, 0.05) is 12.0 Å². The highest BCUT2D eigenvalue weighted by Gasteiger charge is 2.02. The fourth-order valence-corrected chi connectivity index (χ4v) is 1.93. The molecule has 0 saturated carbocycles. The van der Waals surface area contributed by atoms with Crippen LogP contribution in [-0.4, -0.2) is 5.78 Å². The van der Waals surface area contributed by atoms with Crippen LogP contribution in [0.25, 0.3) is 6.08 Å². The maximum Gasteiger partial charge on any atom is 0.162 e. The Labute approximate surface area is 114 Å². The Morgan fingerprint density at radius 2 is 1.53 bits per heavy atom. The summed E-state index contributed by atoms with van der Waals surface area (Å²) in [5.41, 5.74) is 2.02. The molecule has 0 unspecified atom stereocenters. The standard InChI is InChI=1S/C18H18O/c19-18(17-13-7-3-8-14-17)15-9-2-6-12-16-10-4-1-5-11-16/h1,3-8,10-14H,2,9,15H2. The number of Topliss-reactive ketones (excluding diaryl/α,β-unsaturated/α-hetero) is 1. The number of ketones is 1. The van der Waals surface area contributed by atoms with Crippen molar-refractivity contribution in [3.05, 3.63) is 77.9 Å². The van der Waals surface area contributed by atoms with E-state index in [2.05, 4.69) is 24.3 Å². The van der Waals surface area contributed by atoms with Crippen LogP contribution < -0.4 is 0 Å². The van der Waals surface area contributed by atoms with Gasteiger partial charge in [-0.1, -0.05) is 72.8 Å². The molecule has 1 heteroatoms. The zero-order valence-electron chi connectivity index (χ0n) is 11.0. The first-order chi connectivity index (χ1) is 9.36. The normalized spacial score (nSPS) is 10.7. The van der Waals surface area contributed by atoms with Crippen molar-refractivity contribution in [2.24, 2.45) is 0 Å². The van der Waals surface area contributed by atoms with Crippen molar-refractivity contribution in [2.75, 3.05) is 0 Å². The lowest BCUT2D eigenvalue weighted by atomic mass is 10.1. The maximum absolute atomic E-state index is 11.9. The van der Waals surface area contributed by atoms with Crippen molar-refractivity contribution >= 4 is 11.9 Å². The number of benzene rings is 2. The Morgan fingerprint density at radius 3 is 2.21 bits per heavy atom. The molecule has 0 amide bonds. The number of carbonyl (C=O) groups is 1. The Balaban J connectivity index is 1.73. The summed E-state index contributed by atoms with van der Waals surface area (Å²) in [5, 5.41) is 0. The lowest BCUT2D eigenvalue weighted by molar-refractivity contribution is 0.0980. The van der Waals surface area contributed by atoms with E-state index in [0.717, 1.165) is 18.4 Å². The second kappa shape index (κ2) is 7.32. The van der Waals surface area contributed by atoms with Gasteiger partial charge < -0.3 is 0 Å². The molecule has 0 heterocycles. The van der Waals surface area contributed by atoms with Crippen LogP contribution in [0.5, 0.6) is 0 Å². The SMILES string of the molecule is O=C(CCCC=Cc1ccccc1)c1ccccc1. The quantitative estimate of drug-likeness (QED) is 0.534. The summed E-state index contributed by atoms with van der Waals surface area (Å²) in [6.45, 7) is 0. The van der Waals surface area contributed by atoms with Crippen LogP contribution in [0.15, 0.2) is 66.7 Å². The van der Waals surface area contributed by atoms with Crippen LogP contribution in [0.2, 0.25) is 0 Å². The topological polar surface area (TPSA) is 17.1 Å². The number of hydrogen-bond donors (Lipinski definition) is 0. The summed E-state index contributed by atoms with van der Waals surface area (Å²) < 4.78 is 0. The van der Waals surface area contributed by atoms with Gasteiger partial charge in [-0.2, -0.15) is 0 Å². The van der Waals surface area contributed by atoms with Gasteiger partial charge in [-0.3, -0.25) is 4.79 Å². The Morgan fingerprint density at radius 1 is 0.895 bits per heavy atom. The van der Waals surface area contributed by atoms with E-state index in [-0.39, 0.29) is 5.78 Å². The van der Waals surface area contributed by atoms with Crippen molar-refractivity contribution in [3.8, 4) is 0 Å². The molecule has 0 radical (unpaired) electrons. The summed E-state index contributed by atoms with van der Waals surface area (Å²) >= 11 is 0. The van der Waals surface area contributed by atoms with Gasteiger partial charge in [0.05, 0.1) is 0 Å². The molecule has 0 spiro atoms. The number of allylic oxidation sites excluding steroid dienone is 1. The number of carbonyl (C=O) groups excluding carboxylic acids is 1. The smallest absolute Gasteiger partial charge is 0.162 e. The highest BCUT2D eigenvalue weighted by molar-refractivity contribution is 5.95. The van der Waals surface area contributed by atoms with Gasteiger partial charge >= 0.3 is 0 Å². The van der Waals surface area contributed by atoms with Crippen LogP contribution in [0.4, 0.5) is 0 Å². The molecule has 0 aromatic heterocycles. The lowest BCUT2D eigenvalue weighted by Crippen LogP contribution is -1.97. The molecule has 0 aliphatic heterocycles. The van der Waals surface area contributed by atoms with E-state index < -0.39 is 0 Å². The monoisotopic (exact) mass is 250 g/mol. The lowest BCUT2D eigenvalue weighted by Gasteiger charge is -1.99. The molecule has 0 bridgehead atoms. The predicted octanol–water partition coefficient (Wildman–Crippen LogP) is 4.75. The van der Waals surface area contributed by atoms with Gasteiger partial charge in [-0.25, -0.2) is 0 Å². The zero-order valence-corrected chi connectivity index (χ0v) is 11.0. The zero-order chi connectivity index (χ0) is 13.3. The molecular formula is C18H18O. The third-order valence-corrected chi connectivity index (χ3v) is 2.98. The van der Waals surface area contributed by atoms with Crippen molar-refractivity contribution in [1.82, 2.24) is 0 Å². The molecule has 0 saturated heterocycles. The van der Waals surface area contributed by atoms with Crippen LogP contribution in [0.1, 0.15) is 35.2 Å². The third kappa shape index (κ3) is 4.55. The highest BCUT2D eigenvalue weighted by Crippen LogP contribution is 2.08. The second-order valence-electron chi connectivity index (χ2n) is 4.49. The average molecular weight is 250 g/mol. The third-order valence-electron chi connectivity index (χ3n) is 2.98. The molecular weight excluding hydrogens is 232 g/mol. The van der Waals surface area contributed by atoms with E-state index in [1.807, 2.05) is 48.5 Å². The minimum Gasteiger partial charge on any atom is -0.294 e. The van der Waals surface area contributed by atoms with Crippen molar-refractivity contribution in [2.45, 2.75) is 19.3 Å². The van der Waals surface area contributed by atoms with E-state index in [9.17, 15) is 4.79 Å². The second-order valence-corrected chi connectivity index (χ2v) is 4.49. The molecule has 0 atom stereocenters. The molecule has 19 heavy (non-hydrogen) atoms. The Bertz CT molecular complexity index is 526. The van der Waals surface area contributed by atoms with Crippen molar-refractivity contribution in [1.29, 1.82) is 0 Å². The molecule has 2 aromatic carbocycles. The van der Waals surface area contributed by atoms with E-state index in [1.54, 1.807) is 0 Å². The summed E-state index contributed by atoms with van der Waals surface area (Å²) in [5.74, 6) is 0.230. The van der Waals surface area contributed by atoms with Crippen LogP contribution in [-0.2, 0) is 0 Å². The van der Waals surface area contributed by atoms with Crippen LogP contribution >= 0.6 is 0 Å². The van der Waals surface area contributed by atoms with Crippen LogP contribution in [0, 0.1) is 0 Å². The van der Waals surface area contributed by atoms with Gasteiger partial charge in [-0.05, 0) is 18.4 Å². The average Bonchev–Trinajstić information content (AvgIpc) is 2.49. The first kappa shape index (κ1) is 13.3. The maximum atomic E-state index is 11.9. The fourth-order valence-electron chi connectivity index (χ4n) is 1.93. The first-order valence-corrected chi connectivity index (χ1v) is 6.66. The van der Waals surface area contributed by atoms with Crippen molar-refractivity contribution in [3.63, 3.8) is 0 Å². The van der Waals surface area contributed by atoms with Gasteiger partial charge in [0.1, 0.15) is 0 Å². The first-order valence-electron chi connectivity index (χ1n) is 6.66. The minimum atomic E-state index is 0.230. The van der Waals surface area contributed by atoms with Gasteiger partial charge in [0.25, 0.3) is 0 Å². The van der Waals surface area contributed by atoms with Crippen LogP contribution in [0.3, 0.4) is 0 Å². The largest absolute Gasteiger partial charge is 0.294 e. The molecule has 1 nitrogen and oxygen atoms in total. The molecule has 2 rings (SSSR count). The minimum absolute atomic E-state index is 0.230. The Hall–Kier alpha value is -2.15. The summed E-state index contributed by atoms with van der Waals surface area (Å²) in [4.78, 5) is 11.9. The number of unbranched alkanes of at least 4 members (excludes halogenated alkanes) is 1. The van der Waals surface area contributed by atoms with Crippen molar-refractivity contribution < 1.29 is 4.79 Å². The van der Waals surface area contributed by atoms with E-state index in [0.29, 0.717) is 6.42 Å². The molecule has 0 aliphatic carbocycles. The van der Waals surface area contributed by atoms with E-state index in [1.165, 1.54) is 5.56 Å². The van der Waals surface area contributed by atoms with E-state index in [4.69, 9.17) is 0 Å². The van der Waals surface area contributed by atoms with Gasteiger partial charge in [0.15, 0.2) is 5.78 Å². The Kier molecular flexibility index (Phi) is 5.12. The summed E-state index contributed by atoms with van der Waals surface area (Å²) in [6, 6.07) is 19.7. The summed E-state index contributed by atoms with van der Waals surface area (Å²) in [6.07, 6.45) is 6.69. The molecule has 0 fully saturated rings. The molecule has 96 valence electrons. The highest BCUT2D eigenvalue weighted by atomic mass is 16.1. The molecule has 0 aliphatic rings. The molecule has 2 aromatic rings. The predicted molar refractivity (Wildman–Crippen MR) is 80.1 cm³/mol. The van der Waals surface area contributed by atoms with Gasteiger partial charge in [0.2, 0.25) is 0 Å².